The summed E-state index contributed by atoms with van der Waals surface area (Å²) in [5.41, 5.74) is 0.432. The number of nitrogens with one attached hydrogen (secondary N) is 1. The normalized spacial score (nSPS) is 11.3. The first-order chi connectivity index (χ1) is 14.5. The van der Waals surface area contributed by atoms with Gasteiger partial charge in [0.2, 0.25) is 5.88 Å². The highest BCUT2D eigenvalue weighted by atomic mass is 35.5. The minimum absolute atomic E-state index is 0.0413. The van der Waals surface area contributed by atoms with Gasteiger partial charge < -0.3 is 19.5 Å². The van der Waals surface area contributed by atoms with E-state index in [1.165, 1.54) is 38.6 Å². The molecule has 30 heavy (non-hydrogen) atoms. The Balaban J connectivity index is 1.70. The van der Waals surface area contributed by atoms with Crippen LogP contribution in [0.2, 0.25) is 5.02 Å². The molecule has 0 saturated carbocycles. The van der Waals surface area contributed by atoms with Crippen molar-refractivity contribution < 1.29 is 23.8 Å². The van der Waals surface area contributed by atoms with Crippen molar-refractivity contribution in [2.45, 2.75) is 13.0 Å². The molecule has 0 aliphatic carbocycles. The predicted octanol–water partition coefficient (Wildman–Crippen LogP) is 4.11. The Morgan fingerprint density at radius 3 is 2.67 bits per heavy atom. The molecule has 3 rings (SSSR count). The van der Waals surface area contributed by atoms with Crippen LogP contribution in [0.1, 0.15) is 17.3 Å². The van der Waals surface area contributed by atoms with E-state index in [9.17, 15) is 9.59 Å². The summed E-state index contributed by atoms with van der Waals surface area (Å²) in [6, 6.07) is 11.2. The minimum atomic E-state index is -1.10. The molecule has 0 bridgehead atoms. The highest BCUT2D eigenvalue weighted by molar-refractivity contribution is 6.31. The molecule has 0 aliphatic rings. The summed E-state index contributed by atoms with van der Waals surface area (Å²) in [4.78, 5) is 33.1. The third-order valence-electron chi connectivity index (χ3n) is 3.91. The molecule has 0 aliphatic heterocycles. The van der Waals surface area contributed by atoms with Gasteiger partial charge in [-0.2, -0.15) is 0 Å². The maximum Gasteiger partial charge on any atom is 0.344 e. The molecule has 0 spiro atoms. The number of anilines is 1. The van der Waals surface area contributed by atoms with Crippen LogP contribution in [0.3, 0.4) is 0 Å². The van der Waals surface area contributed by atoms with Crippen molar-refractivity contribution in [2.24, 2.45) is 0 Å². The largest absolute Gasteiger partial charge is 0.495 e. The molecule has 2 heterocycles. The van der Waals surface area contributed by atoms with Crippen molar-refractivity contribution in [2.75, 3.05) is 12.4 Å². The topological polar surface area (TPSA) is 99.6 Å². The smallest absolute Gasteiger partial charge is 0.344 e. The highest BCUT2D eigenvalue weighted by Gasteiger charge is 2.23. The zero-order chi connectivity index (χ0) is 21.5. The number of esters is 1. The van der Waals surface area contributed by atoms with Crippen LogP contribution < -0.4 is 14.8 Å². The Labute approximate surface area is 177 Å². The molecule has 0 fully saturated rings. The van der Waals surface area contributed by atoms with Crippen molar-refractivity contribution >= 4 is 29.2 Å². The van der Waals surface area contributed by atoms with Gasteiger partial charge in [0.1, 0.15) is 17.1 Å². The van der Waals surface area contributed by atoms with E-state index >= 15 is 0 Å². The van der Waals surface area contributed by atoms with Gasteiger partial charge in [0.25, 0.3) is 5.91 Å². The van der Waals surface area contributed by atoms with Crippen molar-refractivity contribution in [3.05, 3.63) is 71.6 Å². The van der Waals surface area contributed by atoms with Gasteiger partial charge in [-0.3, -0.25) is 9.78 Å². The fraction of sp³-hybridized carbons (Fsp3) is 0.143. The standard InChI is InChI=1S/C21H18ClN3O5/c1-13(19(26)25-17-11-14(22)7-8-18(17)28-2)29-21(27)16-6-4-10-24-20(16)30-15-5-3-9-23-12-15/h3-13H,1-2H3,(H,25,26). The molecule has 154 valence electrons. The number of hydrogen-bond donors (Lipinski definition) is 1. The lowest BCUT2D eigenvalue weighted by Crippen LogP contribution is -2.30. The van der Waals surface area contributed by atoms with Crippen LogP contribution in [0.5, 0.6) is 17.4 Å². The number of nitrogens with zero attached hydrogens (tertiary/aromatic N) is 2. The van der Waals surface area contributed by atoms with Crippen molar-refractivity contribution in [3.63, 3.8) is 0 Å². The molecule has 0 saturated heterocycles. The second kappa shape index (κ2) is 9.71. The Bertz CT molecular complexity index is 1050. The van der Waals surface area contributed by atoms with Gasteiger partial charge in [-0.15, -0.1) is 0 Å². The second-order valence-corrected chi connectivity index (χ2v) is 6.46. The van der Waals surface area contributed by atoms with E-state index in [-0.39, 0.29) is 11.4 Å². The number of halogens is 1. The Morgan fingerprint density at radius 2 is 1.93 bits per heavy atom. The van der Waals surface area contributed by atoms with Gasteiger partial charge in [-0.05, 0) is 49.4 Å². The monoisotopic (exact) mass is 427 g/mol. The van der Waals surface area contributed by atoms with E-state index in [2.05, 4.69) is 15.3 Å². The fourth-order valence-electron chi connectivity index (χ4n) is 2.44. The van der Waals surface area contributed by atoms with Crippen LogP contribution in [-0.4, -0.2) is 35.1 Å². The molecule has 0 radical (unpaired) electrons. The quantitative estimate of drug-likeness (QED) is 0.566. The van der Waals surface area contributed by atoms with Crippen LogP contribution in [0.4, 0.5) is 5.69 Å². The Hall–Kier alpha value is -3.65. The fourth-order valence-corrected chi connectivity index (χ4v) is 2.61. The lowest BCUT2D eigenvalue weighted by molar-refractivity contribution is -0.123. The number of aromatic nitrogens is 2. The van der Waals surface area contributed by atoms with Crippen LogP contribution in [-0.2, 0) is 9.53 Å². The molecule has 2 aromatic heterocycles. The van der Waals surface area contributed by atoms with E-state index in [4.69, 9.17) is 25.8 Å². The summed E-state index contributed by atoms with van der Waals surface area (Å²) >= 11 is 5.97. The summed E-state index contributed by atoms with van der Waals surface area (Å²) in [6.45, 7) is 1.45. The molecule has 1 aromatic carbocycles. The van der Waals surface area contributed by atoms with E-state index in [1.807, 2.05) is 0 Å². The molecule has 9 heteroatoms. The van der Waals surface area contributed by atoms with E-state index in [0.717, 1.165) is 0 Å². The number of rotatable bonds is 7. The Morgan fingerprint density at radius 1 is 1.13 bits per heavy atom. The molecule has 1 unspecified atom stereocenters. The summed E-state index contributed by atoms with van der Waals surface area (Å²) in [7, 11) is 1.47. The van der Waals surface area contributed by atoms with Crippen molar-refractivity contribution in [1.82, 2.24) is 9.97 Å². The zero-order valence-corrected chi connectivity index (χ0v) is 16.9. The number of carbonyl (C=O) groups is 2. The zero-order valence-electron chi connectivity index (χ0n) is 16.2. The molecule has 1 atom stereocenters. The minimum Gasteiger partial charge on any atom is -0.495 e. The summed E-state index contributed by atoms with van der Waals surface area (Å²) < 4.78 is 16.1. The number of ether oxygens (including phenoxy) is 3. The lowest BCUT2D eigenvalue weighted by Gasteiger charge is -2.16. The average molecular weight is 428 g/mol. The summed E-state index contributed by atoms with van der Waals surface area (Å²) in [5, 5.41) is 3.05. The van der Waals surface area contributed by atoms with Gasteiger partial charge in [0.15, 0.2) is 6.10 Å². The summed E-state index contributed by atoms with van der Waals surface area (Å²) in [5.74, 6) is -0.445. The molecule has 3 aromatic rings. The number of amides is 1. The van der Waals surface area contributed by atoms with Gasteiger partial charge >= 0.3 is 5.97 Å². The van der Waals surface area contributed by atoms with Crippen LogP contribution in [0, 0.1) is 0 Å². The first kappa shape index (κ1) is 21.1. The first-order valence-corrected chi connectivity index (χ1v) is 9.24. The van der Waals surface area contributed by atoms with Gasteiger partial charge in [-0.25, -0.2) is 9.78 Å². The van der Waals surface area contributed by atoms with Crippen LogP contribution in [0.15, 0.2) is 61.1 Å². The lowest BCUT2D eigenvalue weighted by atomic mass is 10.2. The summed E-state index contributed by atoms with van der Waals surface area (Å²) in [6.07, 6.45) is 3.45. The second-order valence-electron chi connectivity index (χ2n) is 6.03. The molecule has 1 N–H and O–H groups in total. The molecular formula is C21H18ClN3O5. The number of hydrogen-bond acceptors (Lipinski definition) is 7. The van der Waals surface area contributed by atoms with Gasteiger partial charge in [0, 0.05) is 17.4 Å². The average Bonchev–Trinajstić information content (AvgIpc) is 2.75. The number of pyridine rings is 2. The first-order valence-electron chi connectivity index (χ1n) is 8.86. The molecule has 1 amide bonds. The third-order valence-corrected chi connectivity index (χ3v) is 4.15. The number of carbonyl (C=O) groups excluding carboxylic acids is 2. The van der Waals surface area contributed by atoms with Gasteiger partial charge in [-0.1, -0.05) is 11.6 Å². The Kier molecular flexibility index (Phi) is 6.82. The van der Waals surface area contributed by atoms with Crippen LogP contribution >= 0.6 is 11.6 Å². The molecular weight excluding hydrogens is 410 g/mol. The van der Waals surface area contributed by atoms with Crippen LogP contribution in [0.25, 0.3) is 0 Å². The maximum atomic E-state index is 12.6. The third kappa shape index (κ3) is 5.24. The predicted molar refractivity (Wildman–Crippen MR) is 110 cm³/mol. The number of methoxy groups -OCH3 is 1. The number of benzene rings is 1. The maximum absolute atomic E-state index is 12.6. The van der Waals surface area contributed by atoms with E-state index in [1.54, 1.807) is 36.5 Å². The van der Waals surface area contributed by atoms with Gasteiger partial charge in [0.05, 0.1) is 19.0 Å². The van der Waals surface area contributed by atoms with E-state index < -0.39 is 18.0 Å². The molecule has 8 nitrogen and oxygen atoms in total. The van der Waals surface area contributed by atoms with Crippen molar-refractivity contribution in [3.8, 4) is 17.4 Å². The highest BCUT2D eigenvalue weighted by Crippen LogP contribution is 2.28. The SMILES string of the molecule is COc1ccc(Cl)cc1NC(=O)C(C)OC(=O)c1cccnc1Oc1cccnc1. The van der Waals surface area contributed by atoms with E-state index in [0.29, 0.717) is 22.2 Å². The van der Waals surface area contributed by atoms with Crippen molar-refractivity contribution in [1.29, 1.82) is 0 Å².